The average molecular weight is 392 g/mol. The van der Waals surface area contributed by atoms with Crippen LogP contribution in [0.3, 0.4) is 0 Å². The number of imidazole rings is 2. The lowest BCUT2D eigenvalue weighted by atomic mass is 10.2. The van der Waals surface area contributed by atoms with Gasteiger partial charge in [-0.05, 0) is 12.2 Å². The Labute approximate surface area is 153 Å². The lowest BCUT2D eigenvalue weighted by Crippen LogP contribution is -2.08. The molecule has 0 radical (unpaired) electrons. The molecule has 4 aromatic heterocycles. The highest BCUT2D eigenvalue weighted by Gasteiger charge is 2.37. The van der Waals surface area contributed by atoms with Crippen LogP contribution in [0.4, 0.5) is 13.2 Å². The maximum absolute atomic E-state index is 12.9. The first kappa shape index (κ1) is 16.3. The highest BCUT2D eigenvalue weighted by atomic mass is 32.2. The largest absolute Gasteiger partial charge is 0.453 e. The van der Waals surface area contributed by atoms with Crippen molar-refractivity contribution in [3.63, 3.8) is 0 Å². The van der Waals surface area contributed by atoms with Crippen molar-refractivity contribution in [1.29, 1.82) is 0 Å². The maximum Gasteiger partial charge on any atom is 0.453 e. The Balaban J connectivity index is 1.76. The number of alkyl halides is 3. The molecule has 27 heavy (non-hydrogen) atoms. The molecule has 4 aromatic rings. The van der Waals surface area contributed by atoms with Gasteiger partial charge < -0.3 is 4.98 Å². The Morgan fingerprint density at radius 3 is 2.81 bits per heavy atom. The summed E-state index contributed by atoms with van der Waals surface area (Å²) in [6.45, 7) is 0. The third kappa shape index (κ3) is 2.67. The van der Waals surface area contributed by atoms with Crippen LogP contribution in [0.25, 0.3) is 28.7 Å². The van der Waals surface area contributed by atoms with Crippen molar-refractivity contribution in [2.24, 2.45) is 0 Å². The summed E-state index contributed by atoms with van der Waals surface area (Å²) in [5.41, 5.74) is 3.38. The Kier molecular flexibility index (Phi) is 3.50. The number of hydrogen-bond acceptors (Lipinski definition) is 6. The molecule has 1 aliphatic heterocycles. The van der Waals surface area contributed by atoms with Crippen LogP contribution in [0.15, 0.2) is 18.7 Å². The lowest BCUT2D eigenvalue weighted by Gasteiger charge is -2.14. The predicted molar refractivity (Wildman–Crippen MR) is 90.8 cm³/mol. The number of aromatic amines is 2. The Bertz CT molecular complexity index is 1130. The van der Waals surface area contributed by atoms with E-state index in [0.29, 0.717) is 17.2 Å². The molecular formula is C15H11F3N8S. The fraction of sp³-hybridized carbons (Fsp3) is 0.267. The first-order valence-corrected chi connectivity index (χ1v) is 9.13. The second-order valence-electron chi connectivity index (χ2n) is 5.97. The summed E-state index contributed by atoms with van der Waals surface area (Å²) in [5, 5.41) is 5.61. The molecule has 0 bridgehead atoms. The van der Waals surface area contributed by atoms with Crippen molar-refractivity contribution in [3.05, 3.63) is 35.8 Å². The van der Waals surface area contributed by atoms with E-state index in [9.17, 15) is 13.2 Å². The summed E-state index contributed by atoms with van der Waals surface area (Å²) in [4.78, 5) is 19.6. The first-order chi connectivity index (χ1) is 13.0. The Morgan fingerprint density at radius 2 is 2.07 bits per heavy atom. The van der Waals surface area contributed by atoms with Gasteiger partial charge >= 0.3 is 6.18 Å². The van der Waals surface area contributed by atoms with Crippen LogP contribution in [0.1, 0.15) is 17.1 Å². The van der Waals surface area contributed by atoms with Crippen molar-refractivity contribution in [1.82, 2.24) is 39.5 Å². The quantitative estimate of drug-likeness (QED) is 0.544. The minimum atomic E-state index is -4.64. The number of aromatic nitrogens is 8. The summed E-state index contributed by atoms with van der Waals surface area (Å²) in [6, 6.07) is 0. The molecule has 0 unspecified atom stereocenters. The first-order valence-electron chi connectivity index (χ1n) is 7.98. The molecule has 0 atom stereocenters. The van der Waals surface area contributed by atoms with E-state index in [2.05, 4.69) is 35.1 Å². The van der Waals surface area contributed by atoms with Gasteiger partial charge in [-0.1, -0.05) is 0 Å². The summed E-state index contributed by atoms with van der Waals surface area (Å²) in [6.07, 6.45) is 1.18. The summed E-state index contributed by atoms with van der Waals surface area (Å²) < 4.78 is 40.4. The van der Waals surface area contributed by atoms with E-state index in [1.165, 1.54) is 6.33 Å². The highest BCUT2D eigenvalue weighted by Crippen LogP contribution is 2.33. The van der Waals surface area contributed by atoms with Gasteiger partial charge in [0.25, 0.3) is 5.82 Å². The van der Waals surface area contributed by atoms with Crippen LogP contribution in [-0.4, -0.2) is 45.3 Å². The molecule has 0 saturated heterocycles. The Hall–Kier alpha value is -2.89. The number of fused-ring (bicyclic) bond motifs is 2. The SMILES string of the molecule is FC(F)(F)c1n[nH]c(-c2nc3nc4c(cn3c2-c2cnc[nH]2)CSCC4)n1. The van der Waals surface area contributed by atoms with E-state index in [4.69, 9.17) is 0 Å². The number of halogens is 3. The number of H-pyrrole nitrogens is 2. The van der Waals surface area contributed by atoms with Gasteiger partial charge in [-0.2, -0.15) is 24.9 Å². The molecule has 5 heterocycles. The zero-order chi connectivity index (χ0) is 18.6. The standard InChI is InChI=1S/C15H11F3N8S/c16-15(17,18)13-23-12(24-25-13)10-11(9-3-19-6-20-9)26-4-7-5-27-2-1-8(7)21-14(26)22-10/h3-4,6H,1-2,5H2,(H,19,20)(H,23,24,25). The zero-order valence-corrected chi connectivity index (χ0v) is 14.4. The molecular weight excluding hydrogens is 381 g/mol. The fourth-order valence-electron chi connectivity index (χ4n) is 3.04. The summed E-state index contributed by atoms with van der Waals surface area (Å²) in [5.74, 6) is 0.881. The molecule has 8 nitrogen and oxygen atoms in total. The monoisotopic (exact) mass is 392 g/mol. The van der Waals surface area contributed by atoms with Gasteiger partial charge in [0, 0.05) is 17.5 Å². The maximum atomic E-state index is 12.9. The molecule has 0 fully saturated rings. The molecule has 0 saturated carbocycles. The molecule has 0 amide bonds. The van der Waals surface area contributed by atoms with Crippen molar-refractivity contribution in [2.75, 3.05) is 5.75 Å². The van der Waals surface area contributed by atoms with Gasteiger partial charge in [-0.25, -0.2) is 19.9 Å². The van der Waals surface area contributed by atoms with Crippen LogP contribution in [0, 0.1) is 0 Å². The Morgan fingerprint density at radius 1 is 1.19 bits per heavy atom. The fourth-order valence-corrected chi connectivity index (χ4v) is 3.98. The van der Waals surface area contributed by atoms with Gasteiger partial charge in [0.1, 0.15) is 11.4 Å². The van der Waals surface area contributed by atoms with Gasteiger partial charge in [0.15, 0.2) is 5.82 Å². The van der Waals surface area contributed by atoms with Gasteiger partial charge in [-0.3, -0.25) is 9.50 Å². The van der Waals surface area contributed by atoms with Crippen LogP contribution >= 0.6 is 11.8 Å². The molecule has 1 aliphatic rings. The van der Waals surface area contributed by atoms with Crippen molar-refractivity contribution < 1.29 is 13.2 Å². The van der Waals surface area contributed by atoms with Crippen molar-refractivity contribution in [2.45, 2.75) is 18.3 Å². The number of aryl methyl sites for hydroxylation is 1. The zero-order valence-electron chi connectivity index (χ0n) is 13.6. The van der Waals surface area contributed by atoms with E-state index < -0.39 is 12.0 Å². The molecule has 0 aromatic carbocycles. The number of thioether (sulfide) groups is 1. The van der Waals surface area contributed by atoms with Crippen molar-refractivity contribution in [3.8, 4) is 22.9 Å². The van der Waals surface area contributed by atoms with Crippen LogP contribution in [0.2, 0.25) is 0 Å². The second-order valence-corrected chi connectivity index (χ2v) is 7.07. The van der Waals surface area contributed by atoms with Gasteiger partial charge in [-0.15, -0.1) is 5.10 Å². The minimum absolute atomic E-state index is 0.0789. The van der Waals surface area contributed by atoms with Crippen LogP contribution in [-0.2, 0) is 18.3 Å². The summed E-state index contributed by atoms with van der Waals surface area (Å²) in [7, 11) is 0. The summed E-state index contributed by atoms with van der Waals surface area (Å²) >= 11 is 1.81. The average Bonchev–Trinajstić information content (AvgIpc) is 3.36. The second kappa shape index (κ2) is 5.81. The molecule has 5 rings (SSSR count). The van der Waals surface area contributed by atoms with Crippen molar-refractivity contribution >= 4 is 17.5 Å². The van der Waals surface area contributed by atoms with Crippen LogP contribution < -0.4 is 0 Å². The van der Waals surface area contributed by atoms with E-state index in [1.807, 2.05) is 18.0 Å². The van der Waals surface area contributed by atoms with E-state index >= 15 is 0 Å². The number of nitrogens with zero attached hydrogens (tertiary/aromatic N) is 6. The highest BCUT2D eigenvalue weighted by molar-refractivity contribution is 7.98. The van der Waals surface area contributed by atoms with E-state index in [1.54, 1.807) is 10.6 Å². The third-order valence-corrected chi connectivity index (χ3v) is 5.25. The molecule has 0 spiro atoms. The van der Waals surface area contributed by atoms with Crippen LogP contribution in [0.5, 0.6) is 0 Å². The molecule has 12 heteroatoms. The number of rotatable bonds is 2. The van der Waals surface area contributed by atoms with E-state index in [-0.39, 0.29) is 11.5 Å². The minimum Gasteiger partial charge on any atom is -0.343 e. The van der Waals surface area contributed by atoms with E-state index in [0.717, 1.165) is 29.2 Å². The topological polar surface area (TPSA) is 100 Å². The lowest BCUT2D eigenvalue weighted by molar-refractivity contribution is -0.144. The smallest absolute Gasteiger partial charge is 0.343 e. The normalized spacial score (nSPS) is 14.6. The molecule has 138 valence electrons. The van der Waals surface area contributed by atoms with Gasteiger partial charge in [0.2, 0.25) is 5.78 Å². The number of nitrogens with one attached hydrogen (secondary N) is 2. The molecule has 0 aliphatic carbocycles. The number of hydrogen-bond donors (Lipinski definition) is 2. The third-order valence-electron chi connectivity index (χ3n) is 4.24. The predicted octanol–water partition coefficient (Wildman–Crippen LogP) is 2.71. The molecule has 2 N–H and O–H groups in total. The van der Waals surface area contributed by atoms with Gasteiger partial charge in [0.05, 0.1) is 23.9 Å².